The number of para-hydroxylation sites is 1. The molecule has 0 bridgehead atoms. The van der Waals surface area contributed by atoms with E-state index in [1.807, 2.05) is 35.9 Å². The van der Waals surface area contributed by atoms with Gasteiger partial charge in [-0.1, -0.05) is 25.1 Å². The molecule has 0 aliphatic carbocycles. The van der Waals surface area contributed by atoms with Crippen LogP contribution in [0.5, 0.6) is 0 Å². The fraction of sp³-hybridized carbons (Fsp3) is 0.412. The van der Waals surface area contributed by atoms with Crippen molar-refractivity contribution < 1.29 is 9.59 Å². The molecule has 21 heavy (non-hydrogen) atoms. The lowest BCUT2D eigenvalue weighted by Crippen LogP contribution is -2.42. The van der Waals surface area contributed by atoms with Crippen molar-refractivity contribution >= 4 is 22.6 Å². The summed E-state index contributed by atoms with van der Waals surface area (Å²) in [5.74, 6) is -0.276. The summed E-state index contributed by atoms with van der Waals surface area (Å²) < 4.78 is 1.90. The number of hydrogen-bond donors (Lipinski definition) is 0. The topological polar surface area (TPSA) is 42.3 Å². The Morgan fingerprint density at radius 2 is 2.00 bits per heavy atom. The van der Waals surface area contributed by atoms with Gasteiger partial charge >= 0.3 is 0 Å². The molecule has 4 heteroatoms. The number of nitrogens with zero attached hydrogens (tertiary/aromatic N) is 2. The van der Waals surface area contributed by atoms with Crippen molar-refractivity contribution in [1.82, 2.24) is 9.47 Å². The minimum atomic E-state index is -0.388. The SMILES string of the molecule is CC1CCCN(C(=O)C(=O)c2cn(C)c3ccccc23)C1. The second kappa shape index (κ2) is 5.35. The molecule has 0 spiro atoms. The highest BCUT2D eigenvalue weighted by molar-refractivity contribution is 6.44. The number of Topliss-reactive ketones (excluding diaryl/α,β-unsaturated/α-hetero) is 1. The number of carbonyl (C=O) groups excluding carboxylic acids is 2. The van der Waals surface area contributed by atoms with Crippen LogP contribution in [-0.2, 0) is 11.8 Å². The van der Waals surface area contributed by atoms with Gasteiger partial charge in [-0.15, -0.1) is 0 Å². The van der Waals surface area contributed by atoms with E-state index >= 15 is 0 Å². The zero-order valence-corrected chi connectivity index (χ0v) is 12.5. The standard InChI is InChI=1S/C17H20N2O2/c1-12-6-5-9-19(10-12)17(21)16(20)14-11-18(2)15-8-4-3-7-13(14)15/h3-4,7-8,11-12H,5-6,9-10H2,1-2H3. The van der Waals surface area contributed by atoms with Gasteiger partial charge in [0.1, 0.15) is 0 Å². The first kappa shape index (κ1) is 13.9. The number of piperidine rings is 1. The molecule has 1 unspecified atom stereocenters. The highest BCUT2D eigenvalue weighted by Crippen LogP contribution is 2.22. The Morgan fingerprint density at radius 1 is 1.24 bits per heavy atom. The van der Waals surface area contributed by atoms with E-state index in [0.717, 1.165) is 23.7 Å². The number of benzene rings is 1. The number of ketones is 1. The molecule has 1 aromatic carbocycles. The molecular weight excluding hydrogens is 264 g/mol. The van der Waals surface area contributed by atoms with E-state index in [-0.39, 0.29) is 11.7 Å². The lowest BCUT2D eigenvalue weighted by molar-refractivity contribution is -0.128. The predicted octanol–water partition coefficient (Wildman–Crippen LogP) is 2.62. The van der Waals surface area contributed by atoms with Crippen molar-refractivity contribution in [3.63, 3.8) is 0 Å². The van der Waals surface area contributed by atoms with Crippen molar-refractivity contribution in [1.29, 1.82) is 0 Å². The second-order valence-corrected chi connectivity index (χ2v) is 6.00. The van der Waals surface area contributed by atoms with Crippen molar-refractivity contribution in [2.45, 2.75) is 19.8 Å². The van der Waals surface area contributed by atoms with Gasteiger partial charge < -0.3 is 9.47 Å². The van der Waals surface area contributed by atoms with E-state index in [1.54, 1.807) is 11.1 Å². The van der Waals surface area contributed by atoms with Crippen LogP contribution in [0.4, 0.5) is 0 Å². The Morgan fingerprint density at radius 3 is 2.76 bits per heavy atom. The molecule has 1 aliphatic heterocycles. The van der Waals surface area contributed by atoms with Crippen LogP contribution in [0.1, 0.15) is 30.1 Å². The molecule has 1 amide bonds. The normalized spacial score (nSPS) is 19.0. The molecule has 2 heterocycles. The molecule has 3 rings (SSSR count). The maximum Gasteiger partial charge on any atom is 0.295 e. The number of fused-ring (bicyclic) bond motifs is 1. The molecule has 1 atom stereocenters. The molecule has 0 radical (unpaired) electrons. The molecule has 2 aromatic rings. The summed E-state index contributed by atoms with van der Waals surface area (Å²) in [5, 5.41) is 0.850. The van der Waals surface area contributed by atoms with E-state index in [1.165, 1.54) is 0 Å². The number of amides is 1. The van der Waals surface area contributed by atoms with Gasteiger partial charge in [0.15, 0.2) is 0 Å². The molecule has 0 saturated carbocycles. The minimum Gasteiger partial charge on any atom is -0.350 e. The van der Waals surface area contributed by atoms with Crippen molar-refractivity contribution in [3.8, 4) is 0 Å². The maximum absolute atomic E-state index is 12.6. The van der Waals surface area contributed by atoms with Crippen LogP contribution in [0.3, 0.4) is 0 Å². The van der Waals surface area contributed by atoms with Crippen LogP contribution < -0.4 is 0 Å². The Hall–Kier alpha value is -2.10. The van der Waals surface area contributed by atoms with Crippen molar-refractivity contribution in [2.24, 2.45) is 13.0 Å². The molecule has 1 saturated heterocycles. The predicted molar refractivity (Wildman–Crippen MR) is 82.2 cm³/mol. The van der Waals surface area contributed by atoms with Crippen LogP contribution in [0.25, 0.3) is 10.9 Å². The summed E-state index contributed by atoms with van der Waals surface area (Å²) in [6.07, 6.45) is 3.88. The Labute approximate surface area is 124 Å². The number of aromatic nitrogens is 1. The summed E-state index contributed by atoms with van der Waals surface area (Å²) in [6.45, 7) is 3.51. The lowest BCUT2D eigenvalue weighted by Gasteiger charge is -2.30. The fourth-order valence-electron chi connectivity index (χ4n) is 3.16. The number of rotatable bonds is 2. The monoisotopic (exact) mass is 284 g/mol. The molecule has 0 N–H and O–H groups in total. The van der Waals surface area contributed by atoms with Crippen LogP contribution in [0.15, 0.2) is 30.5 Å². The Kier molecular flexibility index (Phi) is 3.53. The third-order valence-corrected chi connectivity index (χ3v) is 4.28. The first-order chi connectivity index (χ1) is 10.1. The van der Waals surface area contributed by atoms with Gasteiger partial charge in [-0.05, 0) is 24.8 Å². The highest BCUT2D eigenvalue weighted by atomic mass is 16.2. The maximum atomic E-state index is 12.6. The summed E-state index contributed by atoms with van der Waals surface area (Å²) in [7, 11) is 1.90. The van der Waals surface area contributed by atoms with Gasteiger partial charge in [0.2, 0.25) is 0 Å². The van der Waals surface area contributed by atoms with Crippen LogP contribution in [-0.4, -0.2) is 34.2 Å². The van der Waals surface area contributed by atoms with Gasteiger partial charge in [0.25, 0.3) is 11.7 Å². The van der Waals surface area contributed by atoms with E-state index in [2.05, 4.69) is 6.92 Å². The molecule has 4 nitrogen and oxygen atoms in total. The second-order valence-electron chi connectivity index (χ2n) is 6.00. The Balaban J connectivity index is 1.91. The Bertz CT molecular complexity index is 702. The molecular formula is C17H20N2O2. The molecule has 110 valence electrons. The summed E-state index contributed by atoms with van der Waals surface area (Å²) in [6, 6.07) is 7.69. The van der Waals surface area contributed by atoms with Gasteiger partial charge in [-0.25, -0.2) is 0 Å². The first-order valence-corrected chi connectivity index (χ1v) is 7.45. The van der Waals surface area contributed by atoms with Crippen LogP contribution >= 0.6 is 0 Å². The third-order valence-electron chi connectivity index (χ3n) is 4.28. The average molecular weight is 284 g/mol. The smallest absolute Gasteiger partial charge is 0.295 e. The third kappa shape index (κ3) is 2.46. The summed E-state index contributed by atoms with van der Waals surface area (Å²) >= 11 is 0. The fourth-order valence-corrected chi connectivity index (χ4v) is 3.16. The van der Waals surface area contributed by atoms with E-state index < -0.39 is 0 Å². The summed E-state index contributed by atoms with van der Waals surface area (Å²) in [4.78, 5) is 26.7. The quantitative estimate of drug-likeness (QED) is 0.628. The van der Waals surface area contributed by atoms with Gasteiger partial charge in [-0.3, -0.25) is 9.59 Å². The zero-order valence-electron chi connectivity index (χ0n) is 12.5. The van der Waals surface area contributed by atoms with E-state index in [9.17, 15) is 9.59 Å². The highest BCUT2D eigenvalue weighted by Gasteiger charge is 2.28. The van der Waals surface area contributed by atoms with Crippen molar-refractivity contribution in [2.75, 3.05) is 13.1 Å². The molecule has 1 fully saturated rings. The van der Waals surface area contributed by atoms with E-state index in [4.69, 9.17) is 0 Å². The number of hydrogen-bond acceptors (Lipinski definition) is 2. The van der Waals surface area contributed by atoms with Crippen LogP contribution in [0, 0.1) is 5.92 Å². The van der Waals surface area contributed by atoms with E-state index in [0.29, 0.717) is 24.6 Å². The van der Waals surface area contributed by atoms with Crippen molar-refractivity contribution in [3.05, 3.63) is 36.0 Å². The van der Waals surface area contributed by atoms with Gasteiger partial charge in [0.05, 0.1) is 5.56 Å². The number of likely N-dealkylation sites (tertiary alicyclic amines) is 1. The van der Waals surface area contributed by atoms with Gasteiger partial charge in [-0.2, -0.15) is 0 Å². The zero-order chi connectivity index (χ0) is 15.0. The lowest BCUT2D eigenvalue weighted by atomic mass is 9.99. The molecule has 1 aromatic heterocycles. The largest absolute Gasteiger partial charge is 0.350 e. The van der Waals surface area contributed by atoms with Gasteiger partial charge in [0, 0.05) is 37.2 Å². The minimum absolute atomic E-state index is 0.363. The molecule has 1 aliphatic rings. The number of carbonyl (C=O) groups is 2. The van der Waals surface area contributed by atoms with Crippen LogP contribution in [0.2, 0.25) is 0 Å². The average Bonchev–Trinajstić information content (AvgIpc) is 2.83. The number of aryl methyl sites for hydroxylation is 1. The first-order valence-electron chi connectivity index (χ1n) is 7.45. The summed E-state index contributed by atoms with van der Waals surface area (Å²) in [5.41, 5.74) is 1.48.